The fraction of sp³-hybridized carbons (Fsp3) is 0.350. The van der Waals surface area contributed by atoms with Crippen molar-refractivity contribution in [2.75, 3.05) is 17.4 Å². The molecule has 0 aliphatic heterocycles. The fourth-order valence-corrected chi connectivity index (χ4v) is 4.29. The lowest BCUT2D eigenvalue weighted by molar-refractivity contribution is -0.119. The molecule has 152 valence electrons. The highest BCUT2D eigenvalue weighted by atomic mass is 35.5. The number of anilines is 1. The second-order valence-corrected chi connectivity index (χ2v) is 9.16. The number of hydrogen-bond donors (Lipinski definition) is 1. The first-order valence-electron chi connectivity index (χ1n) is 9.07. The highest BCUT2D eigenvalue weighted by Crippen LogP contribution is 2.30. The number of nitrogens with zero attached hydrogens (tertiary/aromatic N) is 1. The van der Waals surface area contributed by atoms with Crippen LogP contribution in [-0.4, -0.2) is 27.4 Å². The van der Waals surface area contributed by atoms with Gasteiger partial charge < -0.3 is 5.32 Å². The largest absolute Gasteiger partial charge is 0.355 e. The average molecular weight is 443 g/mol. The highest BCUT2D eigenvalue weighted by Gasteiger charge is 2.27. The number of sulfonamides is 1. The third-order valence-corrected chi connectivity index (χ3v) is 6.72. The van der Waals surface area contributed by atoms with Crippen LogP contribution in [-0.2, 0) is 14.8 Å². The van der Waals surface area contributed by atoms with Gasteiger partial charge in [-0.25, -0.2) is 8.42 Å². The summed E-state index contributed by atoms with van der Waals surface area (Å²) in [6.45, 7) is 4.10. The van der Waals surface area contributed by atoms with Crippen LogP contribution in [0.1, 0.15) is 31.7 Å². The number of nitrogens with one attached hydrogen (secondary N) is 1. The van der Waals surface area contributed by atoms with Gasteiger partial charge in [-0.15, -0.1) is 0 Å². The monoisotopic (exact) mass is 442 g/mol. The molecular formula is C20H24Cl2N2O3S. The summed E-state index contributed by atoms with van der Waals surface area (Å²) in [6, 6.07) is 11.0. The normalized spacial score (nSPS) is 11.3. The van der Waals surface area contributed by atoms with Crippen molar-refractivity contribution < 1.29 is 13.2 Å². The second kappa shape index (κ2) is 10.1. The third-order valence-electron chi connectivity index (χ3n) is 4.19. The molecular weight excluding hydrogens is 419 g/mol. The Bertz CT molecular complexity index is 916. The van der Waals surface area contributed by atoms with E-state index in [4.69, 9.17) is 23.2 Å². The van der Waals surface area contributed by atoms with Crippen LogP contribution < -0.4 is 9.62 Å². The van der Waals surface area contributed by atoms with Crippen molar-refractivity contribution in [1.82, 2.24) is 5.32 Å². The van der Waals surface area contributed by atoms with Gasteiger partial charge in [-0.2, -0.15) is 0 Å². The molecule has 0 spiro atoms. The van der Waals surface area contributed by atoms with E-state index >= 15 is 0 Å². The molecule has 0 fully saturated rings. The summed E-state index contributed by atoms with van der Waals surface area (Å²) in [5.41, 5.74) is 1.22. The molecule has 0 saturated carbocycles. The minimum Gasteiger partial charge on any atom is -0.355 e. The van der Waals surface area contributed by atoms with Crippen molar-refractivity contribution >= 4 is 44.8 Å². The molecule has 8 heteroatoms. The predicted molar refractivity (Wildman–Crippen MR) is 115 cm³/mol. The summed E-state index contributed by atoms with van der Waals surface area (Å²) in [5, 5.41) is 3.29. The van der Waals surface area contributed by atoms with Gasteiger partial charge >= 0.3 is 0 Å². The molecule has 1 amide bonds. The van der Waals surface area contributed by atoms with Crippen LogP contribution >= 0.6 is 23.2 Å². The smallest absolute Gasteiger partial charge is 0.264 e. The maximum atomic E-state index is 13.2. The Labute approximate surface area is 176 Å². The van der Waals surface area contributed by atoms with Crippen LogP contribution in [0, 0.1) is 6.92 Å². The highest BCUT2D eigenvalue weighted by molar-refractivity contribution is 7.92. The zero-order valence-corrected chi connectivity index (χ0v) is 18.2. The number of halogens is 2. The van der Waals surface area contributed by atoms with Gasteiger partial charge in [-0.05, 0) is 43.7 Å². The fourth-order valence-electron chi connectivity index (χ4n) is 2.58. The lowest BCUT2D eigenvalue weighted by Crippen LogP contribution is -2.41. The quantitative estimate of drug-likeness (QED) is 0.566. The van der Waals surface area contributed by atoms with Gasteiger partial charge in [-0.1, -0.05) is 60.7 Å². The standard InChI is InChI=1S/C20H24Cl2N2O3S/c1-3-4-5-12-23-20(25)14-24(16-8-11-18(21)19(22)13-16)28(26,27)17-9-6-15(2)7-10-17/h6-11,13H,3-5,12,14H2,1-2H3,(H,23,25). The van der Waals surface area contributed by atoms with Crippen LogP contribution in [0.2, 0.25) is 10.0 Å². The van der Waals surface area contributed by atoms with Gasteiger partial charge in [0.25, 0.3) is 10.0 Å². The van der Waals surface area contributed by atoms with Crippen molar-refractivity contribution in [2.45, 2.75) is 38.0 Å². The van der Waals surface area contributed by atoms with Crippen LogP contribution in [0.4, 0.5) is 5.69 Å². The number of carbonyl (C=O) groups is 1. The van der Waals surface area contributed by atoms with Crippen LogP contribution in [0.25, 0.3) is 0 Å². The molecule has 5 nitrogen and oxygen atoms in total. The van der Waals surface area contributed by atoms with E-state index in [9.17, 15) is 13.2 Å². The van der Waals surface area contributed by atoms with Gasteiger partial charge in [0, 0.05) is 6.54 Å². The SMILES string of the molecule is CCCCCNC(=O)CN(c1ccc(Cl)c(Cl)c1)S(=O)(=O)c1ccc(C)cc1. The lowest BCUT2D eigenvalue weighted by atomic mass is 10.2. The van der Waals surface area contributed by atoms with E-state index in [0.717, 1.165) is 29.1 Å². The lowest BCUT2D eigenvalue weighted by Gasteiger charge is -2.24. The number of carbonyl (C=O) groups excluding carboxylic acids is 1. The number of hydrogen-bond acceptors (Lipinski definition) is 3. The van der Waals surface area contributed by atoms with Gasteiger partial charge in [-0.3, -0.25) is 9.10 Å². The molecule has 0 aliphatic rings. The number of unbranched alkanes of at least 4 members (excludes halogenated alkanes) is 2. The Morgan fingerprint density at radius 2 is 1.71 bits per heavy atom. The maximum absolute atomic E-state index is 13.2. The average Bonchev–Trinajstić information content (AvgIpc) is 2.66. The van der Waals surface area contributed by atoms with Crippen molar-refractivity contribution in [1.29, 1.82) is 0 Å². The predicted octanol–water partition coefficient (Wildman–Crippen LogP) is 4.80. The van der Waals surface area contributed by atoms with Gasteiger partial charge in [0.15, 0.2) is 0 Å². The van der Waals surface area contributed by atoms with Crippen LogP contribution in [0.5, 0.6) is 0 Å². The van der Waals surface area contributed by atoms with Crippen molar-refractivity contribution in [3.8, 4) is 0 Å². The molecule has 0 atom stereocenters. The van der Waals surface area contributed by atoms with Gasteiger partial charge in [0.1, 0.15) is 6.54 Å². The van der Waals surface area contributed by atoms with Crippen LogP contribution in [0.3, 0.4) is 0 Å². The zero-order chi connectivity index (χ0) is 20.7. The Hall–Kier alpha value is -1.76. The number of amides is 1. The molecule has 0 radical (unpaired) electrons. The molecule has 0 aromatic heterocycles. The van der Waals surface area contributed by atoms with Crippen LogP contribution in [0.15, 0.2) is 47.4 Å². The first-order chi connectivity index (χ1) is 13.3. The zero-order valence-electron chi connectivity index (χ0n) is 15.9. The molecule has 2 aromatic carbocycles. The van der Waals surface area contributed by atoms with E-state index in [-0.39, 0.29) is 28.1 Å². The molecule has 0 unspecified atom stereocenters. The first kappa shape index (κ1) is 22.5. The Kier molecular flexibility index (Phi) is 8.16. The number of aryl methyl sites for hydroxylation is 1. The van der Waals surface area contributed by atoms with E-state index in [1.807, 2.05) is 6.92 Å². The molecule has 0 heterocycles. The summed E-state index contributed by atoms with van der Waals surface area (Å²) in [6.07, 6.45) is 2.88. The third kappa shape index (κ3) is 5.87. The molecule has 2 rings (SSSR count). The Morgan fingerprint density at radius 1 is 1.04 bits per heavy atom. The maximum Gasteiger partial charge on any atom is 0.264 e. The molecule has 0 saturated heterocycles. The summed E-state index contributed by atoms with van der Waals surface area (Å²) < 4.78 is 27.5. The van der Waals surface area contributed by atoms with Crippen molar-refractivity contribution in [3.63, 3.8) is 0 Å². The van der Waals surface area contributed by atoms with E-state index < -0.39 is 10.0 Å². The van der Waals surface area contributed by atoms with E-state index in [0.29, 0.717) is 11.6 Å². The Morgan fingerprint density at radius 3 is 2.32 bits per heavy atom. The van der Waals surface area contributed by atoms with E-state index in [2.05, 4.69) is 12.2 Å². The van der Waals surface area contributed by atoms with Crippen molar-refractivity contribution in [2.24, 2.45) is 0 Å². The Balaban J connectivity index is 2.34. The summed E-state index contributed by atoms with van der Waals surface area (Å²) in [4.78, 5) is 12.5. The number of benzene rings is 2. The molecule has 1 N–H and O–H groups in total. The molecule has 0 bridgehead atoms. The second-order valence-electron chi connectivity index (χ2n) is 6.48. The van der Waals surface area contributed by atoms with Crippen molar-refractivity contribution in [3.05, 3.63) is 58.1 Å². The van der Waals surface area contributed by atoms with E-state index in [1.54, 1.807) is 12.1 Å². The minimum atomic E-state index is -3.96. The first-order valence-corrected chi connectivity index (χ1v) is 11.3. The molecule has 2 aromatic rings. The topological polar surface area (TPSA) is 66.5 Å². The summed E-state index contributed by atoms with van der Waals surface area (Å²) >= 11 is 12.0. The molecule has 0 aliphatic carbocycles. The molecule has 28 heavy (non-hydrogen) atoms. The van der Waals surface area contributed by atoms with Gasteiger partial charge in [0.05, 0.1) is 20.6 Å². The minimum absolute atomic E-state index is 0.1000. The summed E-state index contributed by atoms with van der Waals surface area (Å²) in [7, 11) is -3.96. The van der Waals surface area contributed by atoms with Gasteiger partial charge in [0.2, 0.25) is 5.91 Å². The van der Waals surface area contributed by atoms with E-state index in [1.165, 1.54) is 30.3 Å². The number of rotatable bonds is 9. The summed E-state index contributed by atoms with van der Waals surface area (Å²) in [5.74, 6) is -0.377.